The van der Waals surface area contributed by atoms with E-state index in [1.807, 2.05) is 34.6 Å². The Labute approximate surface area is 120 Å². The number of carbonyl (C=O) groups excluding carboxylic acids is 2. The minimum atomic E-state index is -0.757. The molecule has 0 aliphatic carbocycles. The van der Waals surface area contributed by atoms with Crippen molar-refractivity contribution in [2.24, 2.45) is 5.41 Å². The first-order valence-corrected chi connectivity index (χ1v) is 7.98. The van der Waals surface area contributed by atoms with Crippen molar-refractivity contribution in [1.29, 1.82) is 0 Å². The maximum atomic E-state index is 12.6. The van der Waals surface area contributed by atoms with Crippen LogP contribution in [-0.4, -0.2) is 46.3 Å². The second-order valence-corrected chi connectivity index (χ2v) is 7.91. The molecule has 0 saturated carbocycles. The lowest BCUT2D eigenvalue weighted by Gasteiger charge is -2.47. The molecular weight excluding hydrogens is 260 g/mol. The second kappa shape index (κ2) is 5.73. The normalized spacial score (nSPS) is 23.5. The van der Waals surface area contributed by atoms with Gasteiger partial charge in [-0.1, -0.05) is 27.7 Å². The van der Waals surface area contributed by atoms with E-state index in [4.69, 9.17) is 0 Å². The molecule has 1 heterocycles. The molecule has 110 valence electrons. The van der Waals surface area contributed by atoms with E-state index < -0.39 is 11.6 Å². The molecule has 1 fully saturated rings. The molecule has 1 rings (SSSR count). The predicted octanol–water partition coefficient (Wildman–Crippen LogP) is 1.89. The Kier molecular flexibility index (Phi) is 4.93. The van der Waals surface area contributed by atoms with Crippen LogP contribution in [0.1, 0.15) is 41.5 Å². The third kappa shape index (κ3) is 3.44. The van der Waals surface area contributed by atoms with Crippen molar-refractivity contribution in [3.05, 3.63) is 0 Å². The largest absolute Gasteiger partial charge is 0.342 e. The van der Waals surface area contributed by atoms with Crippen molar-refractivity contribution in [2.45, 2.75) is 53.1 Å². The van der Waals surface area contributed by atoms with Crippen LogP contribution in [0.15, 0.2) is 0 Å². The fourth-order valence-electron chi connectivity index (χ4n) is 2.20. The van der Waals surface area contributed by atoms with Gasteiger partial charge in [0.2, 0.25) is 11.8 Å². The molecule has 1 aliphatic rings. The average Bonchev–Trinajstić information content (AvgIpc) is 2.27. The van der Waals surface area contributed by atoms with E-state index in [1.54, 1.807) is 16.7 Å². The Hall–Kier alpha value is -0.710. The van der Waals surface area contributed by atoms with Crippen molar-refractivity contribution >= 4 is 23.6 Å². The molecule has 1 N–H and O–H groups in total. The lowest BCUT2D eigenvalue weighted by atomic mass is 9.82. The van der Waals surface area contributed by atoms with E-state index >= 15 is 0 Å². The lowest BCUT2D eigenvalue weighted by molar-refractivity contribution is -0.157. The summed E-state index contributed by atoms with van der Waals surface area (Å²) in [4.78, 5) is 26.6. The standard InChI is InChI=1S/C14H26N2O2S/c1-7-19-9-8-16-11(17)10(13(2,3)4)15-12(18)14(16,5)6/h10H,7-9H2,1-6H3,(H,15,18). The van der Waals surface area contributed by atoms with Gasteiger partial charge in [0, 0.05) is 12.3 Å². The summed E-state index contributed by atoms with van der Waals surface area (Å²) in [6.45, 7) is 12.3. The fourth-order valence-corrected chi connectivity index (χ4v) is 2.80. The monoisotopic (exact) mass is 286 g/mol. The van der Waals surface area contributed by atoms with Crippen molar-refractivity contribution < 1.29 is 9.59 Å². The zero-order valence-electron chi connectivity index (χ0n) is 12.9. The Morgan fingerprint density at radius 2 is 1.89 bits per heavy atom. The second-order valence-electron chi connectivity index (χ2n) is 6.52. The summed E-state index contributed by atoms with van der Waals surface area (Å²) in [5.41, 5.74) is -1.02. The molecule has 1 aliphatic heterocycles. The molecule has 0 aromatic rings. The van der Waals surface area contributed by atoms with E-state index in [0.717, 1.165) is 11.5 Å². The molecule has 0 radical (unpaired) electrons. The molecule has 0 aromatic carbocycles. The van der Waals surface area contributed by atoms with Gasteiger partial charge in [-0.05, 0) is 25.0 Å². The summed E-state index contributed by atoms with van der Waals surface area (Å²) in [6.07, 6.45) is 0. The minimum Gasteiger partial charge on any atom is -0.342 e. The number of nitrogens with one attached hydrogen (secondary N) is 1. The van der Waals surface area contributed by atoms with Crippen LogP contribution in [0, 0.1) is 5.41 Å². The molecule has 4 nitrogen and oxygen atoms in total. The molecule has 1 saturated heterocycles. The Morgan fingerprint density at radius 1 is 1.32 bits per heavy atom. The first kappa shape index (κ1) is 16.3. The number of amides is 2. The van der Waals surface area contributed by atoms with Gasteiger partial charge in [0.25, 0.3) is 0 Å². The molecule has 1 atom stereocenters. The zero-order valence-corrected chi connectivity index (χ0v) is 13.7. The van der Waals surface area contributed by atoms with Crippen LogP contribution in [0.4, 0.5) is 0 Å². The van der Waals surface area contributed by atoms with Gasteiger partial charge in [0.05, 0.1) is 0 Å². The molecule has 0 spiro atoms. The van der Waals surface area contributed by atoms with Crippen molar-refractivity contribution in [2.75, 3.05) is 18.1 Å². The third-order valence-corrected chi connectivity index (χ3v) is 4.43. The third-order valence-electron chi connectivity index (χ3n) is 3.55. The number of piperazine rings is 1. The molecule has 2 amide bonds. The van der Waals surface area contributed by atoms with Crippen LogP contribution in [0.5, 0.6) is 0 Å². The number of hydrogen-bond acceptors (Lipinski definition) is 3. The number of hydrogen-bond donors (Lipinski definition) is 1. The molecular formula is C14H26N2O2S. The summed E-state index contributed by atoms with van der Waals surface area (Å²) >= 11 is 1.79. The molecule has 0 bridgehead atoms. The number of carbonyl (C=O) groups is 2. The fraction of sp³-hybridized carbons (Fsp3) is 0.857. The van der Waals surface area contributed by atoms with Crippen molar-refractivity contribution in [3.63, 3.8) is 0 Å². The quantitative estimate of drug-likeness (QED) is 0.803. The summed E-state index contributed by atoms with van der Waals surface area (Å²) in [5, 5.41) is 2.88. The van der Waals surface area contributed by atoms with Gasteiger partial charge in [-0.2, -0.15) is 11.8 Å². The summed E-state index contributed by atoms with van der Waals surface area (Å²) in [5.74, 6) is 1.87. The summed E-state index contributed by atoms with van der Waals surface area (Å²) in [7, 11) is 0. The highest BCUT2D eigenvalue weighted by atomic mass is 32.2. The van der Waals surface area contributed by atoms with Gasteiger partial charge in [-0.3, -0.25) is 9.59 Å². The summed E-state index contributed by atoms with van der Waals surface area (Å²) in [6, 6.07) is -0.431. The Bertz CT molecular complexity index is 361. The van der Waals surface area contributed by atoms with E-state index in [2.05, 4.69) is 12.2 Å². The van der Waals surface area contributed by atoms with Gasteiger partial charge < -0.3 is 10.2 Å². The number of thioether (sulfide) groups is 1. The molecule has 5 heteroatoms. The average molecular weight is 286 g/mol. The highest BCUT2D eigenvalue weighted by molar-refractivity contribution is 7.99. The Morgan fingerprint density at radius 3 is 2.37 bits per heavy atom. The Balaban J connectivity index is 2.94. The van der Waals surface area contributed by atoms with Gasteiger partial charge in [-0.25, -0.2) is 0 Å². The van der Waals surface area contributed by atoms with E-state index in [-0.39, 0.29) is 17.2 Å². The van der Waals surface area contributed by atoms with Gasteiger partial charge in [0.15, 0.2) is 0 Å². The van der Waals surface area contributed by atoms with Gasteiger partial charge >= 0.3 is 0 Å². The first-order valence-electron chi connectivity index (χ1n) is 6.82. The lowest BCUT2D eigenvalue weighted by Crippen LogP contribution is -2.71. The van der Waals surface area contributed by atoms with Crippen molar-refractivity contribution in [1.82, 2.24) is 10.2 Å². The van der Waals surface area contributed by atoms with E-state index in [9.17, 15) is 9.59 Å². The highest BCUT2D eigenvalue weighted by Crippen LogP contribution is 2.29. The van der Waals surface area contributed by atoms with Crippen LogP contribution in [-0.2, 0) is 9.59 Å². The zero-order chi connectivity index (χ0) is 14.8. The van der Waals surface area contributed by atoms with E-state index in [0.29, 0.717) is 6.54 Å². The van der Waals surface area contributed by atoms with Gasteiger partial charge in [-0.15, -0.1) is 0 Å². The molecule has 19 heavy (non-hydrogen) atoms. The van der Waals surface area contributed by atoms with Crippen LogP contribution in [0.25, 0.3) is 0 Å². The highest BCUT2D eigenvalue weighted by Gasteiger charge is 2.49. The van der Waals surface area contributed by atoms with Gasteiger partial charge in [0.1, 0.15) is 11.6 Å². The smallest absolute Gasteiger partial charge is 0.246 e. The van der Waals surface area contributed by atoms with Crippen LogP contribution < -0.4 is 5.32 Å². The van der Waals surface area contributed by atoms with Crippen LogP contribution in [0.2, 0.25) is 0 Å². The van der Waals surface area contributed by atoms with E-state index in [1.165, 1.54) is 0 Å². The van der Waals surface area contributed by atoms with Crippen LogP contribution in [0.3, 0.4) is 0 Å². The first-order chi connectivity index (χ1) is 8.62. The minimum absolute atomic E-state index is 0.0359. The molecule has 0 aromatic heterocycles. The maximum Gasteiger partial charge on any atom is 0.246 e. The maximum absolute atomic E-state index is 12.6. The SMILES string of the molecule is CCSCCN1C(=O)C(C(C)(C)C)NC(=O)C1(C)C. The number of nitrogens with zero attached hydrogens (tertiary/aromatic N) is 1. The van der Waals surface area contributed by atoms with Crippen molar-refractivity contribution in [3.8, 4) is 0 Å². The van der Waals surface area contributed by atoms with Crippen LogP contribution >= 0.6 is 11.8 Å². The number of rotatable bonds is 4. The summed E-state index contributed by atoms with van der Waals surface area (Å²) < 4.78 is 0. The topological polar surface area (TPSA) is 49.4 Å². The predicted molar refractivity (Wildman–Crippen MR) is 80.2 cm³/mol. The molecule has 1 unspecified atom stereocenters.